The number of anilines is 2. The predicted molar refractivity (Wildman–Crippen MR) is 102 cm³/mol. The first kappa shape index (κ1) is 17.5. The molecule has 0 atom stereocenters. The van der Waals surface area contributed by atoms with Crippen LogP contribution in [0.2, 0.25) is 0 Å². The van der Waals surface area contributed by atoms with Gasteiger partial charge in [-0.25, -0.2) is 9.80 Å². The first-order chi connectivity index (χ1) is 12.1. The number of urea groups is 1. The van der Waals surface area contributed by atoms with Crippen molar-refractivity contribution in [3.8, 4) is 0 Å². The summed E-state index contributed by atoms with van der Waals surface area (Å²) in [6, 6.07) is 8.78. The Morgan fingerprint density at radius 1 is 1.12 bits per heavy atom. The molecule has 3 amide bonds. The first-order valence-corrected chi connectivity index (χ1v) is 9.50. The Morgan fingerprint density at radius 3 is 2.56 bits per heavy atom. The van der Waals surface area contributed by atoms with Crippen LogP contribution >= 0.6 is 11.3 Å². The number of hydrogen-bond acceptors (Lipinski definition) is 3. The number of fused-ring (bicyclic) bond motifs is 1. The molecule has 6 heteroatoms. The summed E-state index contributed by atoms with van der Waals surface area (Å²) >= 11 is 1.70. The van der Waals surface area contributed by atoms with Crippen molar-refractivity contribution in [2.45, 2.75) is 39.5 Å². The highest BCUT2D eigenvalue weighted by atomic mass is 32.1. The number of aryl methyl sites for hydroxylation is 1. The number of carbonyl (C=O) groups is 2. The molecule has 5 nitrogen and oxygen atoms in total. The molecule has 132 valence electrons. The normalized spacial score (nSPS) is 13.2. The molecule has 1 heterocycles. The molecule has 1 aromatic carbocycles. The standard InChI is InChI=1S/C19H23N3O2S/c1-13(2)18(23)21-22(14-8-4-3-5-9-14)19(24)20-16-12-25-17-11-7-6-10-15(16)17/h3-5,8-9,12-13H,6-7,10-11H2,1-2H3,(H,20,24)(H,21,23). The Hall–Kier alpha value is -2.34. The lowest BCUT2D eigenvalue weighted by atomic mass is 9.98. The average Bonchev–Trinajstić information content (AvgIpc) is 3.03. The highest BCUT2D eigenvalue weighted by Crippen LogP contribution is 2.33. The number of amides is 3. The highest BCUT2D eigenvalue weighted by molar-refractivity contribution is 7.10. The van der Waals surface area contributed by atoms with E-state index in [0.29, 0.717) is 5.69 Å². The van der Waals surface area contributed by atoms with Gasteiger partial charge in [0.2, 0.25) is 5.91 Å². The van der Waals surface area contributed by atoms with E-state index in [0.717, 1.165) is 24.9 Å². The number of rotatable bonds is 3. The third kappa shape index (κ3) is 4.02. The molecule has 0 aliphatic heterocycles. The molecule has 3 rings (SSSR count). The van der Waals surface area contributed by atoms with Crippen LogP contribution in [0.4, 0.5) is 16.2 Å². The van der Waals surface area contributed by atoms with Gasteiger partial charge < -0.3 is 5.32 Å². The van der Waals surface area contributed by atoms with Crippen molar-refractivity contribution in [1.82, 2.24) is 5.43 Å². The van der Waals surface area contributed by atoms with Crippen molar-refractivity contribution < 1.29 is 9.59 Å². The van der Waals surface area contributed by atoms with E-state index in [9.17, 15) is 9.59 Å². The van der Waals surface area contributed by atoms with E-state index in [1.54, 1.807) is 37.3 Å². The molecule has 25 heavy (non-hydrogen) atoms. The van der Waals surface area contributed by atoms with Crippen molar-refractivity contribution in [1.29, 1.82) is 0 Å². The van der Waals surface area contributed by atoms with Gasteiger partial charge in [-0.05, 0) is 43.4 Å². The fourth-order valence-electron chi connectivity index (χ4n) is 2.82. The SMILES string of the molecule is CC(C)C(=O)NN(C(=O)Nc1csc2c1CCCC2)c1ccccc1. The first-order valence-electron chi connectivity index (χ1n) is 8.62. The summed E-state index contributed by atoms with van der Waals surface area (Å²) in [5.74, 6) is -0.417. The predicted octanol–water partition coefficient (Wildman–Crippen LogP) is 4.35. The van der Waals surface area contributed by atoms with Gasteiger partial charge in [-0.2, -0.15) is 0 Å². The van der Waals surface area contributed by atoms with Gasteiger partial charge >= 0.3 is 6.03 Å². The Morgan fingerprint density at radius 2 is 1.84 bits per heavy atom. The Labute approximate surface area is 152 Å². The minimum atomic E-state index is -0.355. The molecular weight excluding hydrogens is 334 g/mol. The fraction of sp³-hybridized carbons (Fsp3) is 0.368. The summed E-state index contributed by atoms with van der Waals surface area (Å²) in [5, 5.41) is 6.26. The number of benzene rings is 1. The van der Waals surface area contributed by atoms with Crippen molar-refractivity contribution >= 4 is 34.6 Å². The number of nitrogens with one attached hydrogen (secondary N) is 2. The van der Waals surface area contributed by atoms with Gasteiger partial charge in [0.1, 0.15) is 0 Å². The minimum absolute atomic E-state index is 0.202. The smallest absolute Gasteiger partial charge is 0.305 e. The van der Waals surface area contributed by atoms with Crippen LogP contribution in [0.5, 0.6) is 0 Å². The number of nitrogens with zero attached hydrogens (tertiary/aromatic N) is 1. The fourth-order valence-corrected chi connectivity index (χ4v) is 3.90. The number of carbonyl (C=O) groups excluding carboxylic acids is 2. The third-order valence-electron chi connectivity index (χ3n) is 4.27. The van der Waals surface area contributed by atoms with Crippen LogP contribution in [-0.4, -0.2) is 11.9 Å². The van der Waals surface area contributed by atoms with Crippen molar-refractivity contribution in [2.24, 2.45) is 5.92 Å². The van der Waals surface area contributed by atoms with Crippen LogP contribution in [0.25, 0.3) is 0 Å². The second kappa shape index (κ2) is 7.70. The number of hydrogen-bond donors (Lipinski definition) is 2. The zero-order valence-corrected chi connectivity index (χ0v) is 15.4. The van der Waals surface area contributed by atoms with E-state index in [2.05, 4.69) is 10.7 Å². The molecule has 0 spiro atoms. The molecule has 1 aliphatic carbocycles. The molecule has 1 aromatic heterocycles. The van der Waals surface area contributed by atoms with Gasteiger partial charge in [-0.15, -0.1) is 11.3 Å². The lowest BCUT2D eigenvalue weighted by Gasteiger charge is -2.25. The van der Waals surface area contributed by atoms with Gasteiger partial charge in [-0.3, -0.25) is 10.2 Å². The maximum atomic E-state index is 12.9. The highest BCUT2D eigenvalue weighted by Gasteiger charge is 2.23. The van der Waals surface area contributed by atoms with Crippen LogP contribution in [0.15, 0.2) is 35.7 Å². The van der Waals surface area contributed by atoms with Gasteiger partial charge in [0.15, 0.2) is 0 Å². The number of thiophene rings is 1. The minimum Gasteiger partial charge on any atom is -0.305 e. The third-order valence-corrected chi connectivity index (χ3v) is 5.36. The van der Waals surface area contributed by atoms with E-state index in [-0.39, 0.29) is 17.9 Å². The van der Waals surface area contributed by atoms with Crippen LogP contribution < -0.4 is 15.8 Å². The number of para-hydroxylation sites is 1. The zero-order chi connectivity index (χ0) is 17.8. The molecule has 0 unspecified atom stereocenters. The molecule has 1 aliphatic rings. The van der Waals surface area contributed by atoms with Gasteiger partial charge in [0.05, 0.1) is 11.4 Å². The van der Waals surface area contributed by atoms with E-state index in [1.165, 1.54) is 21.9 Å². The second-order valence-electron chi connectivity index (χ2n) is 6.49. The van der Waals surface area contributed by atoms with Crippen molar-refractivity contribution in [2.75, 3.05) is 10.3 Å². The topological polar surface area (TPSA) is 61.4 Å². The maximum absolute atomic E-state index is 12.9. The van der Waals surface area contributed by atoms with Crippen LogP contribution in [0.1, 0.15) is 37.1 Å². The van der Waals surface area contributed by atoms with Gasteiger partial charge in [0.25, 0.3) is 0 Å². The molecular formula is C19H23N3O2S. The Bertz CT molecular complexity index is 755. The monoisotopic (exact) mass is 357 g/mol. The van der Waals surface area contributed by atoms with E-state index >= 15 is 0 Å². The van der Waals surface area contributed by atoms with Gasteiger partial charge in [0, 0.05) is 16.2 Å². The summed E-state index contributed by atoms with van der Waals surface area (Å²) in [5.41, 5.74) is 5.44. The summed E-state index contributed by atoms with van der Waals surface area (Å²) < 4.78 is 0. The zero-order valence-electron chi connectivity index (χ0n) is 14.5. The molecule has 0 saturated carbocycles. The summed E-state index contributed by atoms with van der Waals surface area (Å²) in [6.07, 6.45) is 4.45. The van der Waals surface area contributed by atoms with Crippen LogP contribution in [-0.2, 0) is 17.6 Å². The van der Waals surface area contributed by atoms with E-state index in [1.807, 2.05) is 23.6 Å². The Balaban J connectivity index is 1.81. The number of hydrazine groups is 1. The average molecular weight is 357 g/mol. The van der Waals surface area contributed by atoms with Gasteiger partial charge in [-0.1, -0.05) is 32.0 Å². The lowest BCUT2D eigenvalue weighted by molar-refractivity contribution is -0.124. The lowest BCUT2D eigenvalue weighted by Crippen LogP contribution is -2.50. The molecule has 0 fully saturated rings. The molecule has 2 aromatic rings. The largest absolute Gasteiger partial charge is 0.345 e. The summed E-state index contributed by atoms with van der Waals surface area (Å²) in [6.45, 7) is 3.59. The summed E-state index contributed by atoms with van der Waals surface area (Å²) in [4.78, 5) is 26.4. The van der Waals surface area contributed by atoms with Crippen LogP contribution in [0.3, 0.4) is 0 Å². The molecule has 0 bridgehead atoms. The van der Waals surface area contributed by atoms with Crippen LogP contribution in [0, 0.1) is 5.92 Å². The van der Waals surface area contributed by atoms with E-state index < -0.39 is 0 Å². The molecule has 2 N–H and O–H groups in total. The molecule has 0 saturated heterocycles. The second-order valence-corrected chi connectivity index (χ2v) is 7.45. The summed E-state index contributed by atoms with van der Waals surface area (Å²) in [7, 11) is 0. The Kier molecular flexibility index (Phi) is 5.38. The van der Waals surface area contributed by atoms with Crippen molar-refractivity contribution in [3.63, 3.8) is 0 Å². The quantitative estimate of drug-likeness (QED) is 0.802. The van der Waals surface area contributed by atoms with Crippen molar-refractivity contribution in [3.05, 3.63) is 46.2 Å². The van der Waals surface area contributed by atoms with E-state index in [4.69, 9.17) is 0 Å². The maximum Gasteiger partial charge on any atom is 0.345 e. The molecule has 0 radical (unpaired) electrons.